The molecule has 0 spiro atoms. The average molecular weight is 454 g/mol. The second-order valence-corrected chi connectivity index (χ2v) is 10.2. The van der Waals surface area contributed by atoms with Crippen molar-refractivity contribution in [3.8, 4) is 0 Å². The molecule has 5 heteroatoms. The summed E-state index contributed by atoms with van der Waals surface area (Å²) in [6.07, 6.45) is 1.01. The van der Waals surface area contributed by atoms with Gasteiger partial charge in [-0.25, -0.2) is 13.8 Å². The van der Waals surface area contributed by atoms with Crippen molar-refractivity contribution in [2.24, 2.45) is 0 Å². The van der Waals surface area contributed by atoms with Gasteiger partial charge in [0, 0.05) is 39.7 Å². The Balaban J connectivity index is 0.000000728. The van der Waals surface area contributed by atoms with Gasteiger partial charge in [0.15, 0.2) is 11.6 Å². The van der Waals surface area contributed by atoms with Gasteiger partial charge in [0.2, 0.25) is 0 Å². The molecule has 0 saturated carbocycles. The molecule has 0 aliphatic heterocycles. The second kappa shape index (κ2) is 8.66. The minimum absolute atomic E-state index is 0.0149. The zero-order valence-electron chi connectivity index (χ0n) is 21.7. The first kappa shape index (κ1) is 25.1. The molecule has 1 atom stereocenters. The highest BCUT2D eigenvalue weighted by molar-refractivity contribution is 6.00. The van der Waals surface area contributed by atoms with E-state index in [4.69, 9.17) is 9.97 Å². The van der Waals surface area contributed by atoms with Crippen LogP contribution in [0.5, 0.6) is 0 Å². The van der Waals surface area contributed by atoms with E-state index < -0.39 is 11.6 Å². The molecule has 3 nitrogen and oxygen atoms in total. The topological polar surface area (TPSA) is 30.2 Å². The maximum atomic E-state index is 14.1. The van der Waals surface area contributed by atoms with Crippen molar-refractivity contribution in [2.45, 2.75) is 92.4 Å². The van der Waals surface area contributed by atoms with Gasteiger partial charge in [-0.3, -0.25) is 9.38 Å². The van der Waals surface area contributed by atoms with Crippen LogP contribution < -0.4 is 0 Å². The number of benzene rings is 1. The Hall–Kier alpha value is -2.56. The van der Waals surface area contributed by atoms with Crippen LogP contribution in [0.1, 0.15) is 98.5 Å². The number of imidazole rings is 1. The highest BCUT2D eigenvalue weighted by Crippen LogP contribution is 2.44. The lowest BCUT2D eigenvalue weighted by Gasteiger charge is -2.34. The molecule has 1 aromatic carbocycles. The van der Waals surface area contributed by atoms with Crippen molar-refractivity contribution < 1.29 is 8.78 Å². The Morgan fingerprint density at radius 1 is 0.909 bits per heavy atom. The molecule has 0 amide bonds. The van der Waals surface area contributed by atoms with Gasteiger partial charge in [-0.2, -0.15) is 0 Å². The van der Waals surface area contributed by atoms with Crippen molar-refractivity contribution in [2.75, 3.05) is 0 Å². The van der Waals surface area contributed by atoms with Crippen LogP contribution in [0.25, 0.3) is 27.6 Å². The number of rotatable bonds is 0. The Morgan fingerprint density at radius 2 is 1.52 bits per heavy atom. The predicted octanol–water partition coefficient (Wildman–Crippen LogP) is 8.45. The summed E-state index contributed by atoms with van der Waals surface area (Å²) in [4.78, 5) is 9.79. The van der Waals surface area contributed by atoms with Gasteiger partial charge in [0.1, 0.15) is 5.65 Å². The van der Waals surface area contributed by atoms with Crippen LogP contribution in [0.3, 0.4) is 0 Å². The first-order valence-corrected chi connectivity index (χ1v) is 12.1. The fourth-order valence-electron chi connectivity index (χ4n) is 4.88. The highest BCUT2D eigenvalue weighted by atomic mass is 19.2. The Morgan fingerprint density at radius 3 is 2.12 bits per heavy atom. The first-order valence-electron chi connectivity index (χ1n) is 12.1. The summed E-state index contributed by atoms with van der Waals surface area (Å²) >= 11 is 0. The van der Waals surface area contributed by atoms with Crippen LogP contribution in [0.2, 0.25) is 0 Å². The van der Waals surface area contributed by atoms with Crippen molar-refractivity contribution in [1.29, 1.82) is 0 Å². The largest absolute Gasteiger partial charge is 0.295 e. The lowest BCUT2D eigenvalue weighted by molar-refractivity contribution is 0.413. The summed E-state index contributed by atoms with van der Waals surface area (Å²) in [6, 6.07) is 6.74. The van der Waals surface area contributed by atoms with Crippen LogP contribution >= 0.6 is 0 Å². The molecule has 1 aliphatic rings. The summed E-state index contributed by atoms with van der Waals surface area (Å²) in [5.74, 6) is -1.39. The molecule has 3 heterocycles. The van der Waals surface area contributed by atoms with Crippen LogP contribution in [0.4, 0.5) is 8.78 Å². The maximum absolute atomic E-state index is 14.1. The van der Waals surface area contributed by atoms with E-state index in [9.17, 15) is 8.78 Å². The molecule has 1 aliphatic carbocycles. The van der Waals surface area contributed by atoms with E-state index >= 15 is 0 Å². The number of pyridine rings is 2. The minimum atomic E-state index is -0.876. The molecule has 0 radical (unpaired) electrons. The SMILES string of the molecule is CC.CC.CC1CC(C)(C)c2cc1c1c(cc(C(C)(C)C)n3c4cc(F)c(F)cc4nc13)n2. The molecule has 178 valence electrons. The number of halogens is 2. The van der Waals surface area contributed by atoms with Crippen LogP contribution in [-0.2, 0) is 10.8 Å². The molecule has 3 aromatic heterocycles. The molecule has 4 aromatic rings. The third kappa shape index (κ3) is 4.00. The third-order valence-corrected chi connectivity index (χ3v) is 6.32. The van der Waals surface area contributed by atoms with E-state index in [1.54, 1.807) is 0 Å². The zero-order valence-corrected chi connectivity index (χ0v) is 21.7. The molecule has 0 saturated heterocycles. The quantitative estimate of drug-likeness (QED) is 0.267. The minimum Gasteiger partial charge on any atom is -0.295 e. The standard InChI is InChI=1S/C24H25F2N3.2C2H6/c1-12-11-24(5,6)19-7-13(12)21-17(27-19)10-20(23(2,3)4)29-18-9-15(26)14(25)8-16(18)28-22(21)29;2*1-2/h7-10,12H,11H2,1-6H3;2*1-2H3. The normalized spacial score (nSPS) is 16.9. The molecule has 0 N–H and O–H groups in total. The highest BCUT2D eigenvalue weighted by Gasteiger charge is 2.34. The lowest BCUT2D eigenvalue weighted by atomic mass is 9.72. The Labute approximate surface area is 196 Å². The van der Waals surface area contributed by atoms with E-state index in [2.05, 4.69) is 53.7 Å². The number of hydrogen-bond donors (Lipinski definition) is 0. The van der Waals surface area contributed by atoms with Crippen LogP contribution in [0.15, 0.2) is 24.3 Å². The van der Waals surface area contributed by atoms with Gasteiger partial charge >= 0.3 is 0 Å². The fraction of sp³-hybridized carbons (Fsp3) is 0.500. The average Bonchev–Trinajstić information content (AvgIpc) is 3.11. The van der Waals surface area contributed by atoms with Crippen molar-refractivity contribution in [3.05, 3.63) is 52.9 Å². The van der Waals surface area contributed by atoms with Gasteiger partial charge in [-0.15, -0.1) is 0 Å². The predicted molar refractivity (Wildman–Crippen MR) is 135 cm³/mol. The van der Waals surface area contributed by atoms with Crippen LogP contribution in [-0.4, -0.2) is 14.4 Å². The number of aromatic nitrogens is 3. The lowest BCUT2D eigenvalue weighted by Crippen LogP contribution is -2.26. The van der Waals surface area contributed by atoms with E-state index in [1.807, 2.05) is 32.1 Å². The summed E-state index contributed by atoms with van der Waals surface area (Å²) in [6.45, 7) is 21.0. The second-order valence-electron chi connectivity index (χ2n) is 10.2. The Kier molecular flexibility index (Phi) is 6.58. The first-order chi connectivity index (χ1) is 15.5. The maximum Gasteiger partial charge on any atom is 0.161 e. The number of fused-ring (bicyclic) bond motifs is 8. The third-order valence-electron chi connectivity index (χ3n) is 6.32. The molecule has 0 fully saturated rings. The van der Waals surface area contributed by atoms with Gasteiger partial charge < -0.3 is 0 Å². The smallest absolute Gasteiger partial charge is 0.161 e. The Bertz CT molecular complexity index is 1330. The van der Waals surface area contributed by atoms with Crippen molar-refractivity contribution in [3.63, 3.8) is 0 Å². The molecular weight excluding hydrogens is 416 g/mol. The fourth-order valence-corrected chi connectivity index (χ4v) is 4.88. The van der Waals surface area contributed by atoms with Gasteiger partial charge in [0.05, 0.1) is 16.6 Å². The van der Waals surface area contributed by atoms with Gasteiger partial charge in [0.25, 0.3) is 0 Å². The van der Waals surface area contributed by atoms with Gasteiger partial charge in [-0.1, -0.05) is 69.2 Å². The molecular formula is C28H37F2N3. The molecule has 33 heavy (non-hydrogen) atoms. The van der Waals surface area contributed by atoms with E-state index in [-0.39, 0.29) is 10.8 Å². The summed E-state index contributed by atoms with van der Waals surface area (Å²) in [5.41, 5.74) is 5.76. The monoisotopic (exact) mass is 453 g/mol. The summed E-state index contributed by atoms with van der Waals surface area (Å²) in [5, 5.41) is 0.988. The van der Waals surface area contributed by atoms with Crippen molar-refractivity contribution >= 4 is 27.6 Å². The molecule has 1 unspecified atom stereocenters. The van der Waals surface area contributed by atoms with Gasteiger partial charge in [-0.05, 0) is 30.0 Å². The van der Waals surface area contributed by atoms with Crippen molar-refractivity contribution in [1.82, 2.24) is 14.4 Å². The number of nitrogens with zero attached hydrogens (tertiary/aromatic N) is 3. The summed E-state index contributed by atoms with van der Waals surface area (Å²) < 4.78 is 30.1. The zero-order chi connectivity index (χ0) is 24.9. The molecule has 5 rings (SSSR count). The number of hydrogen-bond acceptors (Lipinski definition) is 2. The van der Waals surface area contributed by atoms with Crippen LogP contribution in [0, 0.1) is 11.6 Å². The van der Waals surface area contributed by atoms with E-state index in [1.165, 1.54) is 17.7 Å². The van der Waals surface area contributed by atoms with E-state index in [0.29, 0.717) is 17.0 Å². The molecule has 2 bridgehead atoms. The summed E-state index contributed by atoms with van der Waals surface area (Å²) in [7, 11) is 0. The van der Waals surface area contributed by atoms with E-state index in [0.717, 1.165) is 34.4 Å².